The highest BCUT2D eigenvalue weighted by Crippen LogP contribution is 2.30. The van der Waals surface area contributed by atoms with E-state index < -0.39 is 60.1 Å². The normalized spacial score (nSPS) is 19.0. The molecule has 0 bridgehead atoms. The molecule has 0 aliphatic carbocycles. The van der Waals surface area contributed by atoms with Gasteiger partial charge in [-0.1, -0.05) is 73.1 Å². The zero-order chi connectivity index (χ0) is 42.0. The maximum atomic E-state index is 14.3. The number of carbonyl (C=O) groups is 5. The smallest absolute Gasteiger partial charge is 0.245 e. The molecule has 0 unspecified atom stereocenters. The van der Waals surface area contributed by atoms with Gasteiger partial charge in [0, 0.05) is 51.3 Å². The van der Waals surface area contributed by atoms with Gasteiger partial charge in [0.1, 0.15) is 12.1 Å². The molecule has 1 fully saturated rings. The highest BCUT2D eigenvalue weighted by Gasteiger charge is 2.43. The molecule has 56 heavy (non-hydrogen) atoms. The zero-order valence-corrected chi connectivity index (χ0v) is 35.8. The van der Waals surface area contributed by atoms with Crippen molar-refractivity contribution in [2.24, 2.45) is 29.4 Å². The van der Waals surface area contributed by atoms with Crippen molar-refractivity contribution in [2.75, 3.05) is 41.9 Å². The third-order valence-electron chi connectivity index (χ3n) is 11.7. The van der Waals surface area contributed by atoms with Gasteiger partial charge in [0.05, 0.1) is 42.7 Å². The largest absolute Gasteiger partial charge is 0.379 e. The number of likely N-dealkylation sites (tertiary alicyclic amines) is 1. The number of aromatic nitrogens is 1. The summed E-state index contributed by atoms with van der Waals surface area (Å²) in [5, 5.41) is 6.83. The van der Waals surface area contributed by atoms with E-state index in [1.54, 1.807) is 30.9 Å². The fourth-order valence-corrected chi connectivity index (χ4v) is 8.46. The summed E-state index contributed by atoms with van der Waals surface area (Å²) in [6.45, 7) is 14.0. The Bertz CT molecular complexity index is 1620. The number of amides is 5. The second kappa shape index (κ2) is 20.9. The van der Waals surface area contributed by atoms with E-state index in [2.05, 4.69) is 15.6 Å². The van der Waals surface area contributed by atoms with Crippen LogP contribution < -0.4 is 16.4 Å². The predicted molar refractivity (Wildman–Crippen MR) is 218 cm³/mol. The Morgan fingerprint density at radius 1 is 0.946 bits per heavy atom. The summed E-state index contributed by atoms with van der Waals surface area (Å²) in [5.41, 5.74) is 7.55. The second-order valence-electron chi connectivity index (χ2n) is 16.5. The third-order valence-corrected chi connectivity index (χ3v) is 11.7. The van der Waals surface area contributed by atoms with E-state index in [-0.39, 0.29) is 48.3 Å². The van der Waals surface area contributed by atoms with Crippen LogP contribution in [0.3, 0.4) is 0 Å². The molecule has 1 saturated heterocycles. The standard InChI is InChI=1S/C42H69N7O7/c1-13-26(6)37(48(10)42(54)35(24(2)3)46-41(53)36(25(4)5)47(8)9)33(55-11)22-34(50)49-20-16-19-32(49)38(56-12)27(7)40(52)45-31(39(43)51)21-28-23-44-30-18-15-14-17-29(28)30/h14-15,17-18,23-27,31-33,35-38,44H,13,16,19-22H2,1-12H3,(H2,43,51)(H,45,52)(H,46,53)/t26-,27+,31-,32-,33+,35-,36-,37-,38+/m0/s1. The van der Waals surface area contributed by atoms with E-state index >= 15 is 0 Å². The number of para-hydroxylation sites is 1. The Labute approximate surface area is 333 Å². The lowest BCUT2D eigenvalue weighted by atomic mass is 9.89. The number of nitrogens with one attached hydrogen (secondary N) is 3. The van der Waals surface area contributed by atoms with Gasteiger partial charge in [0.2, 0.25) is 29.5 Å². The quantitative estimate of drug-likeness (QED) is 0.149. The highest BCUT2D eigenvalue weighted by molar-refractivity contribution is 5.91. The molecule has 5 N–H and O–H groups in total. The number of ether oxygens (including phenoxy) is 2. The number of fused-ring (bicyclic) bond motifs is 1. The van der Waals surface area contributed by atoms with Crippen LogP contribution in [0.15, 0.2) is 30.5 Å². The maximum absolute atomic E-state index is 14.3. The van der Waals surface area contributed by atoms with Crippen LogP contribution in [0, 0.1) is 23.7 Å². The van der Waals surface area contributed by atoms with Gasteiger partial charge in [-0.25, -0.2) is 0 Å². The minimum Gasteiger partial charge on any atom is -0.379 e. The van der Waals surface area contributed by atoms with Crippen LogP contribution in [0.25, 0.3) is 10.9 Å². The number of hydrogen-bond acceptors (Lipinski definition) is 8. The average molecular weight is 784 g/mol. The van der Waals surface area contributed by atoms with Gasteiger partial charge in [-0.15, -0.1) is 0 Å². The van der Waals surface area contributed by atoms with Crippen molar-refractivity contribution in [3.63, 3.8) is 0 Å². The zero-order valence-electron chi connectivity index (χ0n) is 35.8. The summed E-state index contributed by atoms with van der Waals surface area (Å²) in [6.07, 6.45) is 2.80. The van der Waals surface area contributed by atoms with Gasteiger partial charge in [-0.3, -0.25) is 28.9 Å². The van der Waals surface area contributed by atoms with Gasteiger partial charge in [-0.05, 0) is 56.3 Å². The highest BCUT2D eigenvalue weighted by atomic mass is 16.5. The number of hydrogen-bond donors (Lipinski definition) is 4. The lowest BCUT2D eigenvalue weighted by molar-refractivity contribution is -0.148. The molecule has 1 aliphatic heterocycles. The number of nitrogens with two attached hydrogens (primary N) is 1. The number of likely N-dealkylation sites (N-methyl/N-ethyl adjacent to an activating group) is 2. The van der Waals surface area contributed by atoms with Crippen LogP contribution in [0.1, 0.15) is 79.7 Å². The first-order chi connectivity index (χ1) is 26.4. The van der Waals surface area contributed by atoms with E-state index in [0.717, 1.165) is 29.3 Å². The van der Waals surface area contributed by atoms with E-state index in [0.29, 0.717) is 13.0 Å². The minimum absolute atomic E-state index is 0.000232. The van der Waals surface area contributed by atoms with Crippen molar-refractivity contribution in [1.82, 2.24) is 30.3 Å². The third kappa shape index (κ3) is 11.1. The fraction of sp³-hybridized carbons (Fsp3) is 0.690. The van der Waals surface area contributed by atoms with Gasteiger partial charge in [0.15, 0.2) is 0 Å². The monoisotopic (exact) mass is 784 g/mol. The number of aromatic amines is 1. The number of primary amides is 1. The van der Waals surface area contributed by atoms with Gasteiger partial charge >= 0.3 is 0 Å². The molecule has 3 rings (SSSR count). The Morgan fingerprint density at radius 2 is 1.61 bits per heavy atom. The molecule has 0 spiro atoms. The molecule has 2 aromatic rings. The van der Waals surface area contributed by atoms with Crippen LogP contribution in [0.4, 0.5) is 0 Å². The maximum Gasteiger partial charge on any atom is 0.245 e. The lowest BCUT2D eigenvalue weighted by Crippen LogP contribution is -2.59. The summed E-state index contributed by atoms with van der Waals surface area (Å²) in [6, 6.07) is 4.71. The van der Waals surface area contributed by atoms with E-state index in [1.807, 2.05) is 91.0 Å². The van der Waals surface area contributed by atoms with E-state index in [9.17, 15) is 24.0 Å². The van der Waals surface area contributed by atoms with Crippen molar-refractivity contribution >= 4 is 40.4 Å². The predicted octanol–water partition coefficient (Wildman–Crippen LogP) is 3.33. The Kier molecular flexibility index (Phi) is 17.3. The summed E-state index contributed by atoms with van der Waals surface area (Å²) in [4.78, 5) is 76.7. The van der Waals surface area contributed by atoms with Crippen molar-refractivity contribution in [1.29, 1.82) is 0 Å². The van der Waals surface area contributed by atoms with Crippen molar-refractivity contribution < 1.29 is 33.4 Å². The molecular weight excluding hydrogens is 715 g/mol. The number of carbonyl (C=O) groups excluding carboxylic acids is 5. The molecule has 14 nitrogen and oxygen atoms in total. The first-order valence-electron chi connectivity index (χ1n) is 20.1. The van der Waals surface area contributed by atoms with Crippen molar-refractivity contribution in [3.05, 3.63) is 36.0 Å². The number of rotatable bonds is 21. The number of benzene rings is 1. The number of H-pyrrole nitrogens is 1. The van der Waals surface area contributed by atoms with Crippen LogP contribution in [-0.4, -0.2) is 134 Å². The Morgan fingerprint density at radius 3 is 2.16 bits per heavy atom. The molecule has 0 radical (unpaired) electrons. The molecule has 0 saturated carbocycles. The summed E-state index contributed by atoms with van der Waals surface area (Å²) < 4.78 is 12.0. The SMILES string of the molecule is CC[C@H](C)[C@@H]([C@@H](CC(=O)N1CCC[C@H]1[C@H](OC)[C@@H](C)C(=O)N[C@@H](Cc1c[nH]c2ccccc12)C(N)=O)OC)N(C)C(=O)[C@@H](NC(=O)[C@H](C(C)C)N(C)C)C(C)C. The molecule has 2 heterocycles. The topological polar surface area (TPSA) is 179 Å². The minimum atomic E-state index is -0.948. The van der Waals surface area contributed by atoms with Gasteiger partial charge < -0.3 is 40.6 Å². The number of methoxy groups -OCH3 is 2. The van der Waals surface area contributed by atoms with Crippen LogP contribution >= 0.6 is 0 Å². The Hall–Kier alpha value is -4.01. The Balaban J connectivity index is 1.78. The molecule has 1 aromatic carbocycles. The molecule has 1 aliphatic rings. The molecule has 5 amide bonds. The summed E-state index contributed by atoms with van der Waals surface area (Å²) >= 11 is 0. The van der Waals surface area contributed by atoms with E-state index in [4.69, 9.17) is 15.2 Å². The van der Waals surface area contributed by atoms with Gasteiger partial charge in [-0.2, -0.15) is 0 Å². The molecular formula is C42H69N7O7. The van der Waals surface area contributed by atoms with Crippen LogP contribution in [-0.2, 0) is 39.9 Å². The van der Waals surface area contributed by atoms with Crippen molar-refractivity contribution in [3.8, 4) is 0 Å². The number of nitrogens with zero attached hydrogens (tertiary/aromatic N) is 3. The first kappa shape index (κ1) is 46.4. The molecule has 1 aromatic heterocycles. The van der Waals surface area contributed by atoms with E-state index in [1.165, 1.54) is 7.11 Å². The van der Waals surface area contributed by atoms with Crippen LogP contribution in [0.2, 0.25) is 0 Å². The fourth-order valence-electron chi connectivity index (χ4n) is 8.46. The van der Waals surface area contributed by atoms with Gasteiger partial charge in [0.25, 0.3) is 0 Å². The first-order valence-corrected chi connectivity index (χ1v) is 20.1. The molecule has 9 atom stereocenters. The van der Waals surface area contributed by atoms with Crippen LogP contribution in [0.5, 0.6) is 0 Å². The summed E-state index contributed by atoms with van der Waals surface area (Å²) in [5.74, 6) is -2.58. The van der Waals surface area contributed by atoms with Crippen molar-refractivity contribution in [2.45, 2.75) is 123 Å². The second-order valence-corrected chi connectivity index (χ2v) is 16.5. The average Bonchev–Trinajstić information content (AvgIpc) is 3.80. The summed E-state index contributed by atoms with van der Waals surface area (Å²) in [7, 11) is 8.50. The molecule has 14 heteroatoms. The lowest BCUT2D eigenvalue weighted by Gasteiger charge is -2.41. The molecule has 314 valence electrons.